The molecule has 128 valence electrons. The van der Waals surface area contributed by atoms with Gasteiger partial charge < -0.3 is 4.74 Å². The largest absolute Gasteiger partial charge is 0.479 e. The van der Waals surface area contributed by atoms with E-state index in [0.717, 1.165) is 31.4 Å². The normalized spacial score (nSPS) is 11.3. The molecule has 0 N–H and O–H groups in total. The van der Waals surface area contributed by atoms with E-state index in [-0.39, 0.29) is 11.2 Å². The maximum atomic E-state index is 11.8. The summed E-state index contributed by atoms with van der Waals surface area (Å²) in [5.74, 6) is 0.592. The average molecular weight is 354 g/mol. The lowest BCUT2D eigenvalue weighted by atomic mass is 9.92. The molecule has 0 amide bonds. The Morgan fingerprint density at radius 2 is 1.96 bits per heavy atom. The van der Waals surface area contributed by atoms with Crippen LogP contribution in [0.1, 0.15) is 52.1 Å². The van der Waals surface area contributed by atoms with Gasteiger partial charge in [-0.05, 0) is 43.6 Å². The van der Waals surface area contributed by atoms with Crippen molar-refractivity contribution < 1.29 is 9.53 Å². The molecule has 0 fully saturated rings. The molecular formula is C18H27NO2S2. The number of ketones is 1. The van der Waals surface area contributed by atoms with Gasteiger partial charge in [-0.2, -0.15) is 0 Å². The Bertz CT molecular complexity index is 484. The van der Waals surface area contributed by atoms with Crippen molar-refractivity contribution in [2.45, 2.75) is 52.9 Å². The minimum Gasteiger partial charge on any atom is -0.479 e. The molecule has 0 spiro atoms. The Morgan fingerprint density at radius 3 is 2.61 bits per heavy atom. The maximum absolute atomic E-state index is 11.8. The molecule has 0 saturated carbocycles. The van der Waals surface area contributed by atoms with E-state index in [0.29, 0.717) is 16.7 Å². The van der Waals surface area contributed by atoms with Crippen molar-refractivity contribution >= 4 is 34.1 Å². The number of pyridine rings is 1. The number of nitrogens with zero attached hydrogens (tertiary/aromatic N) is 1. The van der Waals surface area contributed by atoms with Crippen LogP contribution in [0.5, 0.6) is 0 Å². The fraction of sp³-hybridized carbons (Fsp3) is 0.611. The average Bonchev–Trinajstić information content (AvgIpc) is 2.51. The van der Waals surface area contributed by atoms with E-state index in [4.69, 9.17) is 17.0 Å². The number of thioether (sulfide) groups is 1. The molecular weight excluding hydrogens is 326 g/mol. The predicted molar refractivity (Wildman–Crippen MR) is 102 cm³/mol. The number of hydrogen-bond acceptors (Lipinski definition) is 5. The number of unbranched alkanes of at least 4 members (excludes halogenated alkanes) is 3. The Labute approximate surface area is 149 Å². The zero-order valence-corrected chi connectivity index (χ0v) is 16.0. The number of ether oxygens (including phenoxy) is 1. The standard InChI is InChI=1S/C18H27NO2S2/c1-18(2,3)16(20)14-23-17(22)21-13-9-5-4-6-10-15-11-7-8-12-19-15/h7-8,11-12H,4-6,9-10,13-14H2,1-3H3. The van der Waals surface area contributed by atoms with Crippen molar-refractivity contribution in [1.29, 1.82) is 0 Å². The molecule has 1 heterocycles. The Morgan fingerprint density at radius 1 is 1.22 bits per heavy atom. The highest BCUT2D eigenvalue weighted by atomic mass is 32.2. The number of rotatable bonds is 9. The summed E-state index contributed by atoms with van der Waals surface area (Å²) in [6, 6.07) is 6.04. The van der Waals surface area contributed by atoms with E-state index in [1.54, 1.807) is 0 Å². The van der Waals surface area contributed by atoms with Crippen LogP contribution in [-0.2, 0) is 16.0 Å². The van der Waals surface area contributed by atoms with Crippen LogP contribution in [0.4, 0.5) is 0 Å². The fourth-order valence-corrected chi connectivity index (χ4v) is 2.95. The first kappa shape index (κ1) is 20.1. The summed E-state index contributed by atoms with van der Waals surface area (Å²) in [4.78, 5) is 16.1. The van der Waals surface area contributed by atoms with E-state index in [2.05, 4.69) is 11.1 Å². The van der Waals surface area contributed by atoms with E-state index in [1.165, 1.54) is 18.2 Å². The molecule has 1 rings (SSSR count). The molecule has 5 heteroatoms. The molecule has 0 aromatic carbocycles. The SMILES string of the molecule is CC(C)(C)C(=O)CSC(=S)OCCCCCCc1ccccn1. The Kier molecular flexibility index (Phi) is 9.41. The van der Waals surface area contributed by atoms with Gasteiger partial charge in [0.2, 0.25) is 4.38 Å². The van der Waals surface area contributed by atoms with Gasteiger partial charge >= 0.3 is 0 Å². The molecule has 0 atom stereocenters. The summed E-state index contributed by atoms with van der Waals surface area (Å²) in [6.45, 7) is 6.40. The number of aryl methyl sites for hydroxylation is 1. The van der Waals surface area contributed by atoms with Gasteiger partial charge in [0.05, 0.1) is 12.4 Å². The van der Waals surface area contributed by atoms with Crippen LogP contribution in [0.2, 0.25) is 0 Å². The van der Waals surface area contributed by atoms with E-state index >= 15 is 0 Å². The lowest BCUT2D eigenvalue weighted by Crippen LogP contribution is -2.22. The van der Waals surface area contributed by atoms with Crippen LogP contribution >= 0.6 is 24.0 Å². The van der Waals surface area contributed by atoms with Crippen LogP contribution in [-0.4, -0.2) is 27.5 Å². The van der Waals surface area contributed by atoms with Crippen molar-refractivity contribution in [2.75, 3.05) is 12.4 Å². The minimum absolute atomic E-state index is 0.197. The topological polar surface area (TPSA) is 39.2 Å². The van der Waals surface area contributed by atoms with E-state index < -0.39 is 0 Å². The van der Waals surface area contributed by atoms with E-state index in [1.807, 2.05) is 39.1 Å². The molecule has 0 bridgehead atoms. The quantitative estimate of drug-likeness (QED) is 0.469. The van der Waals surface area contributed by atoms with Crippen molar-refractivity contribution in [3.63, 3.8) is 0 Å². The van der Waals surface area contributed by atoms with Crippen LogP contribution < -0.4 is 0 Å². The number of Topliss-reactive ketones (excluding diaryl/α,β-unsaturated/α-hetero) is 1. The summed E-state index contributed by atoms with van der Waals surface area (Å²) >= 11 is 6.47. The molecule has 1 aromatic rings. The second kappa shape index (κ2) is 10.8. The molecule has 0 radical (unpaired) electrons. The highest BCUT2D eigenvalue weighted by Crippen LogP contribution is 2.19. The summed E-state index contributed by atoms with van der Waals surface area (Å²) < 4.78 is 5.98. The number of thiocarbonyl (C=S) groups is 1. The molecule has 0 aliphatic heterocycles. The van der Waals surface area contributed by atoms with Crippen molar-refractivity contribution in [1.82, 2.24) is 4.98 Å². The third kappa shape index (κ3) is 9.72. The summed E-state index contributed by atoms with van der Waals surface area (Å²) in [7, 11) is 0. The molecule has 0 aliphatic rings. The summed E-state index contributed by atoms with van der Waals surface area (Å²) in [5.41, 5.74) is 0.848. The molecule has 0 unspecified atom stereocenters. The summed E-state index contributed by atoms with van der Waals surface area (Å²) in [6.07, 6.45) is 7.31. The van der Waals surface area contributed by atoms with Crippen molar-refractivity contribution in [2.24, 2.45) is 5.41 Å². The van der Waals surface area contributed by atoms with Gasteiger partial charge in [0.25, 0.3) is 0 Å². The number of hydrogen-bond donors (Lipinski definition) is 0. The third-order valence-electron chi connectivity index (χ3n) is 3.43. The summed E-state index contributed by atoms with van der Waals surface area (Å²) in [5, 5.41) is 0. The maximum Gasteiger partial charge on any atom is 0.220 e. The van der Waals surface area contributed by atoms with E-state index in [9.17, 15) is 4.79 Å². The van der Waals surface area contributed by atoms with Crippen LogP contribution in [0.3, 0.4) is 0 Å². The highest BCUT2D eigenvalue weighted by Gasteiger charge is 2.21. The predicted octanol–water partition coefficient (Wildman–Crippen LogP) is 4.83. The molecule has 1 aromatic heterocycles. The first-order chi connectivity index (χ1) is 10.9. The number of aromatic nitrogens is 1. The van der Waals surface area contributed by atoms with Crippen molar-refractivity contribution in [3.8, 4) is 0 Å². The van der Waals surface area contributed by atoms with Crippen LogP contribution in [0.15, 0.2) is 24.4 Å². The first-order valence-electron chi connectivity index (χ1n) is 8.12. The van der Waals surface area contributed by atoms with Gasteiger partial charge in [0.15, 0.2) is 0 Å². The third-order valence-corrected chi connectivity index (χ3v) is 4.66. The lowest BCUT2D eigenvalue weighted by Gasteiger charge is -2.16. The molecule has 3 nitrogen and oxygen atoms in total. The zero-order valence-electron chi connectivity index (χ0n) is 14.3. The number of carbonyl (C=O) groups is 1. The zero-order chi connectivity index (χ0) is 17.1. The second-order valence-electron chi connectivity index (χ2n) is 6.55. The van der Waals surface area contributed by atoms with Gasteiger partial charge in [0.1, 0.15) is 5.78 Å². The van der Waals surface area contributed by atoms with Gasteiger partial charge in [-0.3, -0.25) is 9.78 Å². The minimum atomic E-state index is -0.309. The van der Waals surface area contributed by atoms with Crippen LogP contribution in [0.25, 0.3) is 0 Å². The smallest absolute Gasteiger partial charge is 0.220 e. The monoisotopic (exact) mass is 353 g/mol. The van der Waals surface area contributed by atoms with Gasteiger partial charge in [0, 0.05) is 17.3 Å². The Balaban J connectivity index is 1.98. The Hall–Kier alpha value is -0.940. The van der Waals surface area contributed by atoms with Gasteiger partial charge in [-0.25, -0.2) is 0 Å². The lowest BCUT2D eigenvalue weighted by molar-refractivity contribution is -0.123. The molecule has 0 aliphatic carbocycles. The van der Waals surface area contributed by atoms with Crippen molar-refractivity contribution in [3.05, 3.63) is 30.1 Å². The fourth-order valence-electron chi connectivity index (χ4n) is 1.85. The molecule has 23 heavy (non-hydrogen) atoms. The first-order valence-corrected chi connectivity index (χ1v) is 9.52. The second-order valence-corrected chi connectivity index (χ2v) is 8.12. The molecule has 0 saturated heterocycles. The van der Waals surface area contributed by atoms with Crippen LogP contribution in [0, 0.1) is 5.41 Å². The van der Waals surface area contributed by atoms with Gasteiger partial charge in [-0.15, -0.1) is 0 Å². The number of carbonyl (C=O) groups excluding carboxylic acids is 1. The van der Waals surface area contributed by atoms with Gasteiger partial charge in [-0.1, -0.05) is 51.4 Å². The highest BCUT2D eigenvalue weighted by molar-refractivity contribution is 8.23.